The number of benzene rings is 2. The molecule has 2 aromatic rings. The molecular weight excluding hydrogens is 306 g/mol. The molecule has 0 atom stereocenters. The number of methoxy groups -OCH3 is 1. The summed E-state index contributed by atoms with van der Waals surface area (Å²) in [5, 5.41) is 0. The highest BCUT2D eigenvalue weighted by Crippen LogP contribution is 2.36. The van der Waals surface area contributed by atoms with Crippen LogP contribution in [-0.2, 0) is 19.1 Å². The Labute approximate surface area is 140 Å². The number of esters is 1. The third-order valence-electron chi connectivity index (χ3n) is 3.72. The molecule has 122 valence electrons. The monoisotopic (exact) mass is 323 g/mol. The molecule has 1 heterocycles. The van der Waals surface area contributed by atoms with Crippen LogP contribution in [0.15, 0.2) is 48.5 Å². The molecule has 2 aromatic carbocycles. The molecule has 5 nitrogen and oxygen atoms in total. The van der Waals surface area contributed by atoms with Gasteiger partial charge in [-0.15, -0.1) is 0 Å². The highest BCUT2D eigenvalue weighted by molar-refractivity contribution is 6.06. The van der Waals surface area contributed by atoms with Gasteiger partial charge in [0, 0.05) is 0 Å². The third-order valence-corrected chi connectivity index (χ3v) is 3.72. The molecule has 24 heavy (non-hydrogen) atoms. The van der Waals surface area contributed by atoms with E-state index in [4.69, 9.17) is 4.74 Å². The fraction of sp³-hybridized carbons (Fsp3) is 0.158. The molecule has 0 unspecified atom stereocenters. The van der Waals surface area contributed by atoms with Crippen molar-refractivity contribution in [3.63, 3.8) is 0 Å². The first kappa shape index (κ1) is 16.0. The predicted octanol–water partition coefficient (Wildman–Crippen LogP) is 3.02. The Morgan fingerprint density at radius 1 is 0.875 bits per heavy atom. The topological polar surface area (TPSA) is 55.8 Å². The summed E-state index contributed by atoms with van der Waals surface area (Å²) in [5.74, 6) is -0.761. The van der Waals surface area contributed by atoms with E-state index in [0.717, 1.165) is 22.5 Å². The zero-order valence-electron chi connectivity index (χ0n) is 13.3. The van der Waals surface area contributed by atoms with Gasteiger partial charge in [0.25, 0.3) is 5.91 Å². The second kappa shape index (κ2) is 7.10. The van der Waals surface area contributed by atoms with Gasteiger partial charge < -0.3 is 9.47 Å². The van der Waals surface area contributed by atoms with Gasteiger partial charge in [0.1, 0.15) is 13.2 Å². The van der Waals surface area contributed by atoms with Crippen molar-refractivity contribution < 1.29 is 19.1 Å². The van der Waals surface area contributed by atoms with Gasteiger partial charge in [0.2, 0.25) is 0 Å². The number of anilines is 2. The Balaban J connectivity index is 1.92. The summed E-state index contributed by atoms with van der Waals surface area (Å²) in [4.78, 5) is 25.5. The Kier molecular flexibility index (Phi) is 4.72. The van der Waals surface area contributed by atoms with E-state index in [1.54, 1.807) is 4.90 Å². The number of carbonyl (C=O) groups excluding carboxylic acids is 2. The molecule has 0 saturated carbocycles. The number of nitrogens with zero attached hydrogens (tertiary/aromatic N) is 1. The molecule has 0 spiro atoms. The molecule has 0 fully saturated rings. The first-order valence-electron chi connectivity index (χ1n) is 7.54. The van der Waals surface area contributed by atoms with Gasteiger partial charge in [0.15, 0.2) is 0 Å². The van der Waals surface area contributed by atoms with E-state index in [-0.39, 0.29) is 19.1 Å². The second-order valence-electron chi connectivity index (χ2n) is 5.25. The fourth-order valence-electron chi connectivity index (χ4n) is 2.59. The van der Waals surface area contributed by atoms with Crippen molar-refractivity contribution in [1.29, 1.82) is 0 Å². The Morgan fingerprint density at radius 2 is 1.42 bits per heavy atom. The van der Waals surface area contributed by atoms with Crippen molar-refractivity contribution in [2.45, 2.75) is 0 Å². The minimum Gasteiger partial charge on any atom is -0.467 e. The number of fused-ring (bicyclic) bond motifs is 2. The summed E-state index contributed by atoms with van der Waals surface area (Å²) in [6, 6.07) is 15.3. The van der Waals surface area contributed by atoms with Crippen LogP contribution in [0.2, 0.25) is 0 Å². The van der Waals surface area contributed by atoms with Gasteiger partial charge >= 0.3 is 5.97 Å². The molecule has 1 aliphatic rings. The van der Waals surface area contributed by atoms with E-state index < -0.39 is 5.97 Å². The number of carbonyl (C=O) groups is 2. The van der Waals surface area contributed by atoms with Crippen molar-refractivity contribution in [2.24, 2.45) is 0 Å². The molecule has 0 aromatic heterocycles. The van der Waals surface area contributed by atoms with E-state index in [0.29, 0.717) is 0 Å². The quantitative estimate of drug-likeness (QED) is 0.812. The fourth-order valence-corrected chi connectivity index (χ4v) is 2.59. The molecule has 5 heteroatoms. The van der Waals surface area contributed by atoms with Gasteiger partial charge in [-0.3, -0.25) is 9.69 Å². The van der Waals surface area contributed by atoms with Gasteiger partial charge in [0.05, 0.1) is 18.5 Å². The van der Waals surface area contributed by atoms with Crippen LogP contribution >= 0.6 is 0 Å². The van der Waals surface area contributed by atoms with Crippen LogP contribution in [0.3, 0.4) is 0 Å². The van der Waals surface area contributed by atoms with Gasteiger partial charge in [-0.25, -0.2) is 4.79 Å². The summed E-state index contributed by atoms with van der Waals surface area (Å²) in [7, 11) is 1.28. The minimum absolute atomic E-state index is 0.211. The molecule has 0 saturated heterocycles. The number of hydrogen-bond donors (Lipinski definition) is 0. The Hall–Kier alpha value is -2.92. The van der Waals surface area contributed by atoms with Crippen LogP contribution < -0.4 is 4.90 Å². The summed E-state index contributed by atoms with van der Waals surface area (Å²) < 4.78 is 9.70. The van der Waals surface area contributed by atoms with Crippen LogP contribution in [0, 0.1) is 0 Å². The van der Waals surface area contributed by atoms with Crippen molar-refractivity contribution in [3.8, 4) is 0 Å². The smallest absolute Gasteiger partial charge is 0.331 e. The number of para-hydroxylation sites is 2. The average Bonchev–Trinajstić information content (AvgIpc) is 2.78. The number of amides is 1. The standard InChI is InChI=1S/C19H17NO4/c1-23-19(22)13-24-12-18(21)20-16-8-4-2-6-14(16)10-11-15-7-3-5-9-17(15)20/h2-11H,12-13H2,1H3. The summed E-state index contributed by atoms with van der Waals surface area (Å²) >= 11 is 0. The highest BCUT2D eigenvalue weighted by Gasteiger charge is 2.23. The number of rotatable bonds is 4. The summed E-state index contributed by atoms with van der Waals surface area (Å²) in [6.45, 7) is -0.463. The van der Waals surface area contributed by atoms with E-state index in [9.17, 15) is 9.59 Å². The Morgan fingerprint density at radius 3 is 1.96 bits per heavy atom. The van der Waals surface area contributed by atoms with Gasteiger partial charge in [-0.1, -0.05) is 48.6 Å². The average molecular weight is 323 g/mol. The lowest BCUT2D eigenvalue weighted by Crippen LogP contribution is -2.31. The molecule has 1 amide bonds. The van der Waals surface area contributed by atoms with E-state index in [2.05, 4.69) is 4.74 Å². The highest BCUT2D eigenvalue weighted by atomic mass is 16.6. The molecular formula is C19H17NO4. The molecule has 0 radical (unpaired) electrons. The normalized spacial score (nSPS) is 12.1. The van der Waals surface area contributed by atoms with E-state index in [1.807, 2.05) is 60.7 Å². The number of hydrogen-bond acceptors (Lipinski definition) is 4. The van der Waals surface area contributed by atoms with Crippen molar-refractivity contribution in [2.75, 3.05) is 25.2 Å². The molecule has 1 aliphatic heterocycles. The summed E-state index contributed by atoms with van der Waals surface area (Å²) in [5.41, 5.74) is 3.45. The maximum absolute atomic E-state index is 12.8. The Bertz CT molecular complexity index is 748. The van der Waals surface area contributed by atoms with Crippen LogP contribution in [0.1, 0.15) is 11.1 Å². The summed E-state index contributed by atoms with van der Waals surface area (Å²) in [6.07, 6.45) is 3.97. The first-order chi connectivity index (χ1) is 11.7. The maximum atomic E-state index is 12.8. The maximum Gasteiger partial charge on any atom is 0.331 e. The first-order valence-corrected chi connectivity index (χ1v) is 7.54. The zero-order chi connectivity index (χ0) is 16.9. The van der Waals surface area contributed by atoms with E-state index in [1.165, 1.54) is 7.11 Å². The molecule has 0 aliphatic carbocycles. The predicted molar refractivity (Wildman–Crippen MR) is 91.8 cm³/mol. The van der Waals surface area contributed by atoms with Crippen LogP contribution in [0.5, 0.6) is 0 Å². The lowest BCUT2D eigenvalue weighted by molar-refractivity contribution is -0.146. The molecule has 3 rings (SSSR count). The second-order valence-corrected chi connectivity index (χ2v) is 5.25. The lowest BCUT2D eigenvalue weighted by Gasteiger charge is -2.24. The van der Waals surface area contributed by atoms with Crippen LogP contribution in [0.4, 0.5) is 11.4 Å². The third kappa shape index (κ3) is 3.21. The largest absolute Gasteiger partial charge is 0.467 e. The van der Waals surface area contributed by atoms with Crippen molar-refractivity contribution in [1.82, 2.24) is 0 Å². The minimum atomic E-state index is -0.513. The van der Waals surface area contributed by atoms with Crippen LogP contribution in [0.25, 0.3) is 12.2 Å². The van der Waals surface area contributed by atoms with Crippen LogP contribution in [-0.4, -0.2) is 32.2 Å². The van der Waals surface area contributed by atoms with E-state index >= 15 is 0 Å². The van der Waals surface area contributed by atoms with Gasteiger partial charge in [-0.2, -0.15) is 0 Å². The SMILES string of the molecule is COC(=O)COCC(=O)N1c2ccccc2C=Cc2ccccc21. The van der Waals surface area contributed by atoms with Crippen molar-refractivity contribution in [3.05, 3.63) is 59.7 Å². The van der Waals surface area contributed by atoms with Crippen molar-refractivity contribution >= 4 is 35.4 Å². The van der Waals surface area contributed by atoms with Gasteiger partial charge in [-0.05, 0) is 23.3 Å². The molecule has 0 bridgehead atoms. The molecule has 0 N–H and O–H groups in total. The zero-order valence-corrected chi connectivity index (χ0v) is 13.3. The number of ether oxygens (including phenoxy) is 2. The lowest BCUT2D eigenvalue weighted by atomic mass is 10.1.